The van der Waals surface area contributed by atoms with Gasteiger partial charge in [0.1, 0.15) is 0 Å². The number of halogens is 1. The van der Waals surface area contributed by atoms with Gasteiger partial charge in [-0.25, -0.2) is 0 Å². The Labute approximate surface area is 166 Å². The molecule has 0 aliphatic heterocycles. The molecule has 0 saturated heterocycles. The predicted molar refractivity (Wildman–Crippen MR) is 111 cm³/mol. The predicted octanol–water partition coefficient (Wildman–Crippen LogP) is 5.15. The maximum absolute atomic E-state index is 13.1. The van der Waals surface area contributed by atoms with Crippen LogP contribution in [0.5, 0.6) is 0 Å². The quantitative estimate of drug-likeness (QED) is 0.361. The molecule has 0 radical (unpaired) electrons. The van der Waals surface area contributed by atoms with Gasteiger partial charge in [0.05, 0.1) is 21.2 Å². The van der Waals surface area contributed by atoms with Gasteiger partial charge in [-0.05, 0) is 45.8 Å². The SMILES string of the molecule is O=C(Nc1ccc(S(=O)(=O)O)cc1Cl)c1c2ccccc2cc2ccccc12. The highest BCUT2D eigenvalue weighted by molar-refractivity contribution is 7.85. The first kappa shape index (κ1) is 18.4. The smallest absolute Gasteiger partial charge is 0.294 e. The summed E-state index contributed by atoms with van der Waals surface area (Å²) in [5.41, 5.74) is 0.750. The lowest BCUT2D eigenvalue weighted by Gasteiger charge is -2.13. The van der Waals surface area contributed by atoms with E-state index in [1.807, 2.05) is 54.6 Å². The molecule has 1 amide bonds. The van der Waals surface area contributed by atoms with Crippen LogP contribution < -0.4 is 5.32 Å². The Morgan fingerprint density at radius 2 is 1.43 bits per heavy atom. The van der Waals surface area contributed by atoms with Crippen LogP contribution in [0.4, 0.5) is 5.69 Å². The lowest BCUT2D eigenvalue weighted by Crippen LogP contribution is -2.13. The van der Waals surface area contributed by atoms with Crippen LogP contribution in [0.15, 0.2) is 77.7 Å². The second-order valence-corrected chi connectivity index (χ2v) is 8.09. The molecule has 0 atom stereocenters. The van der Waals surface area contributed by atoms with Crippen molar-refractivity contribution in [2.45, 2.75) is 4.90 Å². The highest BCUT2D eigenvalue weighted by Crippen LogP contribution is 2.31. The summed E-state index contributed by atoms with van der Waals surface area (Å²) in [6.45, 7) is 0. The van der Waals surface area contributed by atoms with Gasteiger partial charge in [-0.1, -0.05) is 60.1 Å². The molecule has 0 saturated carbocycles. The topological polar surface area (TPSA) is 83.5 Å². The molecule has 140 valence electrons. The summed E-state index contributed by atoms with van der Waals surface area (Å²) in [4.78, 5) is 12.8. The van der Waals surface area contributed by atoms with Crippen molar-refractivity contribution < 1.29 is 17.8 Å². The molecule has 0 bridgehead atoms. The summed E-state index contributed by atoms with van der Waals surface area (Å²) in [6.07, 6.45) is 0. The number of benzene rings is 4. The van der Waals surface area contributed by atoms with E-state index in [0.717, 1.165) is 27.6 Å². The van der Waals surface area contributed by atoms with E-state index >= 15 is 0 Å². The molecular formula is C21H14ClNO4S. The monoisotopic (exact) mass is 411 g/mol. The normalized spacial score (nSPS) is 11.6. The first-order valence-corrected chi connectivity index (χ1v) is 10.2. The average Bonchev–Trinajstić information content (AvgIpc) is 2.66. The molecule has 0 unspecified atom stereocenters. The van der Waals surface area contributed by atoms with Gasteiger partial charge in [-0.15, -0.1) is 0 Å². The molecule has 0 aliphatic carbocycles. The Kier molecular flexibility index (Phi) is 4.55. The molecule has 0 fully saturated rings. The van der Waals surface area contributed by atoms with Crippen molar-refractivity contribution in [1.29, 1.82) is 0 Å². The van der Waals surface area contributed by atoms with Crippen LogP contribution in [0.3, 0.4) is 0 Å². The first-order valence-electron chi connectivity index (χ1n) is 8.33. The van der Waals surface area contributed by atoms with Crippen molar-refractivity contribution in [3.8, 4) is 0 Å². The first-order chi connectivity index (χ1) is 13.3. The van der Waals surface area contributed by atoms with Crippen molar-refractivity contribution in [2.24, 2.45) is 0 Å². The Morgan fingerprint density at radius 1 is 0.857 bits per heavy atom. The lowest BCUT2D eigenvalue weighted by molar-refractivity contribution is 0.103. The van der Waals surface area contributed by atoms with Gasteiger partial charge in [0, 0.05) is 0 Å². The molecule has 0 spiro atoms. The molecule has 0 aromatic heterocycles. The molecule has 4 rings (SSSR count). The van der Waals surface area contributed by atoms with Crippen molar-refractivity contribution >= 4 is 54.9 Å². The maximum atomic E-state index is 13.1. The summed E-state index contributed by atoms with van der Waals surface area (Å²) >= 11 is 6.11. The van der Waals surface area contributed by atoms with Crippen LogP contribution in [-0.2, 0) is 10.1 Å². The van der Waals surface area contributed by atoms with E-state index < -0.39 is 10.1 Å². The molecule has 4 aromatic rings. The fraction of sp³-hybridized carbons (Fsp3) is 0. The third kappa shape index (κ3) is 3.33. The molecular weight excluding hydrogens is 398 g/mol. The van der Waals surface area contributed by atoms with E-state index in [0.29, 0.717) is 5.56 Å². The number of carbonyl (C=O) groups excluding carboxylic acids is 1. The van der Waals surface area contributed by atoms with E-state index in [4.69, 9.17) is 16.2 Å². The number of hydrogen-bond acceptors (Lipinski definition) is 3. The van der Waals surface area contributed by atoms with Crippen LogP contribution in [0.25, 0.3) is 21.5 Å². The van der Waals surface area contributed by atoms with Gasteiger partial charge >= 0.3 is 0 Å². The number of carbonyl (C=O) groups is 1. The van der Waals surface area contributed by atoms with E-state index in [-0.39, 0.29) is 21.5 Å². The summed E-state index contributed by atoms with van der Waals surface area (Å²) < 4.78 is 31.6. The van der Waals surface area contributed by atoms with Gasteiger partial charge in [-0.3, -0.25) is 9.35 Å². The van der Waals surface area contributed by atoms with Crippen molar-refractivity contribution in [3.05, 3.63) is 83.4 Å². The standard InChI is InChI=1S/C21H14ClNO4S/c22-18-12-15(28(25,26)27)9-10-19(18)23-21(24)20-16-7-3-1-5-13(16)11-14-6-2-4-8-17(14)20/h1-12H,(H,23,24)(H,25,26,27). The maximum Gasteiger partial charge on any atom is 0.294 e. The third-order valence-corrected chi connectivity index (χ3v) is 5.65. The van der Waals surface area contributed by atoms with Crippen molar-refractivity contribution in [2.75, 3.05) is 5.32 Å². The van der Waals surface area contributed by atoms with E-state index in [9.17, 15) is 13.2 Å². The molecule has 5 nitrogen and oxygen atoms in total. The summed E-state index contributed by atoms with van der Waals surface area (Å²) in [6, 6.07) is 20.8. The van der Waals surface area contributed by atoms with Gasteiger partial charge < -0.3 is 5.32 Å². The Bertz CT molecular complexity index is 1300. The second kappa shape index (κ2) is 6.91. The van der Waals surface area contributed by atoms with Crippen LogP contribution in [0, 0.1) is 0 Å². The molecule has 0 heterocycles. The lowest BCUT2D eigenvalue weighted by atomic mass is 9.96. The zero-order valence-electron chi connectivity index (χ0n) is 14.4. The van der Waals surface area contributed by atoms with Gasteiger partial charge in [0.15, 0.2) is 0 Å². The number of nitrogens with one attached hydrogen (secondary N) is 1. The molecule has 0 aliphatic rings. The van der Waals surface area contributed by atoms with Gasteiger partial charge in [0.25, 0.3) is 16.0 Å². The Balaban J connectivity index is 1.83. The summed E-state index contributed by atoms with van der Waals surface area (Å²) in [5.74, 6) is -0.366. The minimum atomic E-state index is -4.38. The largest absolute Gasteiger partial charge is 0.321 e. The van der Waals surface area contributed by atoms with Crippen LogP contribution >= 0.6 is 11.6 Å². The fourth-order valence-corrected chi connectivity index (χ4v) is 4.00. The zero-order valence-corrected chi connectivity index (χ0v) is 16.0. The third-order valence-electron chi connectivity index (χ3n) is 4.48. The summed E-state index contributed by atoms with van der Waals surface area (Å²) in [7, 11) is -4.38. The average molecular weight is 412 g/mol. The van der Waals surface area contributed by atoms with Gasteiger partial charge in [0.2, 0.25) is 0 Å². The number of rotatable bonds is 3. The molecule has 7 heteroatoms. The molecule has 28 heavy (non-hydrogen) atoms. The van der Waals surface area contributed by atoms with E-state index in [2.05, 4.69) is 5.32 Å². The van der Waals surface area contributed by atoms with Crippen molar-refractivity contribution in [3.63, 3.8) is 0 Å². The second-order valence-electron chi connectivity index (χ2n) is 6.26. The number of fused-ring (bicyclic) bond motifs is 2. The minimum absolute atomic E-state index is 0.00742. The van der Waals surface area contributed by atoms with Crippen LogP contribution in [0.1, 0.15) is 10.4 Å². The van der Waals surface area contributed by atoms with E-state index in [1.54, 1.807) is 0 Å². The van der Waals surface area contributed by atoms with Gasteiger partial charge in [-0.2, -0.15) is 8.42 Å². The van der Waals surface area contributed by atoms with Crippen LogP contribution in [-0.4, -0.2) is 18.9 Å². The number of anilines is 1. The number of hydrogen-bond donors (Lipinski definition) is 2. The molecule has 4 aromatic carbocycles. The Hall–Kier alpha value is -2.93. The van der Waals surface area contributed by atoms with Crippen molar-refractivity contribution in [1.82, 2.24) is 0 Å². The highest BCUT2D eigenvalue weighted by atomic mass is 35.5. The van der Waals surface area contributed by atoms with Crippen LogP contribution in [0.2, 0.25) is 5.02 Å². The minimum Gasteiger partial charge on any atom is -0.321 e. The highest BCUT2D eigenvalue weighted by Gasteiger charge is 2.17. The zero-order chi connectivity index (χ0) is 19.9. The Morgan fingerprint density at radius 3 is 1.96 bits per heavy atom. The summed E-state index contributed by atoms with van der Waals surface area (Å²) in [5, 5.41) is 6.20. The molecule has 2 N–H and O–H groups in total. The fourth-order valence-electron chi connectivity index (χ4n) is 3.20. The number of amides is 1. The van der Waals surface area contributed by atoms with E-state index in [1.165, 1.54) is 12.1 Å².